The zero-order valence-corrected chi connectivity index (χ0v) is 16.1. The van der Waals surface area contributed by atoms with Crippen LogP contribution in [0.15, 0.2) is 28.2 Å². The van der Waals surface area contributed by atoms with Crippen molar-refractivity contribution < 1.29 is 9.53 Å². The molecule has 0 spiro atoms. The Kier molecular flexibility index (Phi) is 5.83. The molecule has 1 aliphatic rings. The summed E-state index contributed by atoms with van der Waals surface area (Å²) >= 11 is 1.27. The normalized spacial score (nSPS) is 18.0. The zero-order valence-electron chi connectivity index (χ0n) is 15.2. The molecule has 1 aromatic heterocycles. The predicted octanol–water partition coefficient (Wildman–Crippen LogP) is 2.49. The van der Waals surface area contributed by atoms with Gasteiger partial charge in [-0.25, -0.2) is 9.89 Å². The number of anilines is 1. The Morgan fingerprint density at radius 2 is 2.19 bits per heavy atom. The molecular formula is C18H24N4O3S. The van der Waals surface area contributed by atoms with E-state index in [2.05, 4.69) is 15.5 Å². The number of carbonyl (C=O) groups is 1. The van der Waals surface area contributed by atoms with E-state index in [0.717, 1.165) is 36.3 Å². The lowest BCUT2D eigenvalue weighted by atomic mass is 10.1. The Morgan fingerprint density at radius 3 is 2.85 bits per heavy atom. The highest BCUT2D eigenvalue weighted by atomic mass is 32.2. The van der Waals surface area contributed by atoms with Crippen LogP contribution in [-0.4, -0.2) is 38.6 Å². The molecule has 2 unspecified atom stereocenters. The molecule has 2 heterocycles. The standard InChI is InChI=1S/C18H24N4O3S/c1-11-6-4-7-12(2)15(11)19-16(23)13(3)26-18-21-20-17(24)22(18)10-14-8-5-9-25-14/h4,6-7,13-14H,5,8-10H2,1-3H3,(H,19,23)(H,20,24). The maximum Gasteiger partial charge on any atom is 0.344 e. The molecule has 1 aliphatic heterocycles. The molecule has 2 N–H and O–H groups in total. The van der Waals surface area contributed by atoms with Gasteiger partial charge in [-0.3, -0.25) is 9.36 Å². The quantitative estimate of drug-likeness (QED) is 0.756. The smallest absolute Gasteiger partial charge is 0.344 e. The molecule has 0 bridgehead atoms. The molecule has 140 valence electrons. The van der Waals surface area contributed by atoms with Crippen LogP contribution < -0.4 is 11.0 Å². The van der Waals surface area contributed by atoms with Gasteiger partial charge < -0.3 is 10.1 Å². The average molecular weight is 376 g/mol. The van der Waals surface area contributed by atoms with E-state index in [1.807, 2.05) is 39.0 Å². The van der Waals surface area contributed by atoms with E-state index in [0.29, 0.717) is 11.7 Å². The Morgan fingerprint density at radius 1 is 1.46 bits per heavy atom. The van der Waals surface area contributed by atoms with Crippen LogP contribution in [0.25, 0.3) is 0 Å². The Bertz CT molecular complexity index is 819. The summed E-state index contributed by atoms with van der Waals surface area (Å²) in [6, 6.07) is 5.90. The number of nitrogens with zero attached hydrogens (tertiary/aromatic N) is 2. The SMILES string of the molecule is Cc1cccc(C)c1NC(=O)C(C)Sc1n[nH]c(=O)n1CC1CCCO1. The molecule has 2 aromatic rings. The van der Waals surface area contributed by atoms with E-state index in [1.165, 1.54) is 11.8 Å². The highest BCUT2D eigenvalue weighted by Gasteiger charge is 2.23. The molecule has 1 fully saturated rings. The molecule has 1 amide bonds. The van der Waals surface area contributed by atoms with Crippen molar-refractivity contribution in [2.24, 2.45) is 0 Å². The number of para-hydroxylation sites is 1. The molecule has 0 saturated carbocycles. The maximum absolute atomic E-state index is 12.6. The van der Waals surface area contributed by atoms with Crippen LogP contribution in [-0.2, 0) is 16.1 Å². The van der Waals surface area contributed by atoms with Crippen LogP contribution >= 0.6 is 11.8 Å². The lowest BCUT2D eigenvalue weighted by Crippen LogP contribution is -2.27. The lowest BCUT2D eigenvalue weighted by molar-refractivity contribution is -0.115. The third-order valence-corrected chi connectivity index (χ3v) is 5.60. The highest BCUT2D eigenvalue weighted by Crippen LogP contribution is 2.25. The minimum atomic E-state index is -0.396. The minimum Gasteiger partial charge on any atom is -0.376 e. The number of H-pyrrole nitrogens is 1. The van der Waals surface area contributed by atoms with Gasteiger partial charge in [-0.1, -0.05) is 30.0 Å². The molecular weight excluding hydrogens is 352 g/mol. The van der Waals surface area contributed by atoms with Gasteiger partial charge in [0.15, 0.2) is 5.16 Å². The number of thioether (sulfide) groups is 1. The second-order valence-corrected chi connectivity index (χ2v) is 7.88. The number of aromatic amines is 1. The molecule has 7 nitrogen and oxygen atoms in total. The first-order valence-corrected chi connectivity index (χ1v) is 9.64. The summed E-state index contributed by atoms with van der Waals surface area (Å²) in [4.78, 5) is 24.6. The third kappa shape index (κ3) is 4.19. The summed E-state index contributed by atoms with van der Waals surface area (Å²) < 4.78 is 7.16. The summed E-state index contributed by atoms with van der Waals surface area (Å²) in [5.74, 6) is -0.119. The molecule has 1 saturated heterocycles. The monoisotopic (exact) mass is 376 g/mol. The summed E-state index contributed by atoms with van der Waals surface area (Å²) in [5, 5.41) is 9.65. The molecule has 2 atom stereocenters. The van der Waals surface area contributed by atoms with Gasteiger partial charge in [0, 0.05) is 12.3 Å². The molecule has 1 aromatic carbocycles. The van der Waals surface area contributed by atoms with Crippen molar-refractivity contribution in [3.63, 3.8) is 0 Å². The number of benzene rings is 1. The van der Waals surface area contributed by atoms with Crippen LogP contribution in [0.5, 0.6) is 0 Å². The van der Waals surface area contributed by atoms with Crippen LogP contribution in [0.2, 0.25) is 0 Å². The third-order valence-electron chi connectivity index (χ3n) is 4.51. The van der Waals surface area contributed by atoms with Gasteiger partial charge in [-0.15, -0.1) is 5.10 Å². The zero-order chi connectivity index (χ0) is 18.7. The summed E-state index contributed by atoms with van der Waals surface area (Å²) in [5.41, 5.74) is 2.60. The van der Waals surface area contributed by atoms with Crippen molar-refractivity contribution in [1.29, 1.82) is 0 Å². The van der Waals surface area contributed by atoms with Gasteiger partial charge in [0.2, 0.25) is 5.91 Å². The summed E-state index contributed by atoms with van der Waals surface area (Å²) in [6.45, 7) is 6.93. The molecule has 0 aliphatic carbocycles. The Hall–Kier alpha value is -2.06. The second-order valence-electron chi connectivity index (χ2n) is 6.57. The van der Waals surface area contributed by atoms with Gasteiger partial charge in [0.05, 0.1) is 17.9 Å². The van der Waals surface area contributed by atoms with Crippen molar-refractivity contribution in [3.8, 4) is 0 Å². The largest absolute Gasteiger partial charge is 0.376 e. The van der Waals surface area contributed by atoms with Crippen LogP contribution in [0.3, 0.4) is 0 Å². The fourth-order valence-electron chi connectivity index (χ4n) is 2.99. The van der Waals surface area contributed by atoms with Crippen LogP contribution in [0.4, 0.5) is 5.69 Å². The number of carbonyl (C=O) groups excluding carboxylic acids is 1. The first kappa shape index (κ1) is 18.7. The van der Waals surface area contributed by atoms with E-state index in [1.54, 1.807) is 4.57 Å². The predicted molar refractivity (Wildman–Crippen MR) is 102 cm³/mol. The highest BCUT2D eigenvalue weighted by molar-refractivity contribution is 8.00. The van der Waals surface area contributed by atoms with Crippen molar-refractivity contribution >= 4 is 23.4 Å². The van der Waals surface area contributed by atoms with Crippen molar-refractivity contribution in [2.75, 3.05) is 11.9 Å². The van der Waals surface area contributed by atoms with Gasteiger partial charge in [-0.2, -0.15) is 0 Å². The maximum atomic E-state index is 12.6. The molecule has 3 rings (SSSR count). The lowest BCUT2D eigenvalue weighted by Gasteiger charge is -2.16. The average Bonchev–Trinajstić information content (AvgIpc) is 3.23. The first-order valence-electron chi connectivity index (χ1n) is 8.76. The molecule has 26 heavy (non-hydrogen) atoms. The number of rotatable bonds is 6. The number of aryl methyl sites for hydroxylation is 2. The fourth-order valence-corrected chi connectivity index (χ4v) is 3.86. The number of ether oxygens (including phenoxy) is 1. The number of nitrogens with one attached hydrogen (secondary N) is 2. The number of hydrogen-bond acceptors (Lipinski definition) is 5. The van der Waals surface area contributed by atoms with Crippen molar-refractivity contribution in [3.05, 3.63) is 39.8 Å². The number of amides is 1. The van der Waals surface area contributed by atoms with E-state index < -0.39 is 5.25 Å². The van der Waals surface area contributed by atoms with Crippen LogP contribution in [0, 0.1) is 13.8 Å². The van der Waals surface area contributed by atoms with Crippen LogP contribution in [0.1, 0.15) is 30.9 Å². The second kappa shape index (κ2) is 8.09. The van der Waals surface area contributed by atoms with E-state index in [9.17, 15) is 9.59 Å². The van der Waals surface area contributed by atoms with E-state index in [-0.39, 0.29) is 17.7 Å². The van der Waals surface area contributed by atoms with Crippen molar-refractivity contribution in [1.82, 2.24) is 14.8 Å². The van der Waals surface area contributed by atoms with Crippen molar-refractivity contribution in [2.45, 2.75) is 56.7 Å². The Balaban J connectivity index is 1.68. The van der Waals surface area contributed by atoms with Gasteiger partial charge in [0.25, 0.3) is 0 Å². The fraction of sp³-hybridized carbons (Fsp3) is 0.500. The summed E-state index contributed by atoms with van der Waals surface area (Å²) in [6.07, 6.45) is 1.97. The number of aromatic nitrogens is 3. The van der Waals surface area contributed by atoms with E-state index in [4.69, 9.17) is 4.74 Å². The number of hydrogen-bond donors (Lipinski definition) is 2. The molecule has 0 radical (unpaired) electrons. The van der Waals surface area contributed by atoms with Gasteiger partial charge in [-0.05, 0) is 44.7 Å². The topological polar surface area (TPSA) is 89.0 Å². The van der Waals surface area contributed by atoms with Gasteiger partial charge in [0.1, 0.15) is 0 Å². The minimum absolute atomic E-state index is 0.0309. The Labute approximate surface area is 156 Å². The van der Waals surface area contributed by atoms with Gasteiger partial charge >= 0.3 is 5.69 Å². The van der Waals surface area contributed by atoms with E-state index >= 15 is 0 Å². The summed E-state index contributed by atoms with van der Waals surface area (Å²) in [7, 11) is 0. The first-order chi connectivity index (χ1) is 12.5. The molecule has 8 heteroatoms.